The third kappa shape index (κ3) is 3.73. The molecule has 7 heteroatoms. The lowest BCUT2D eigenvalue weighted by Crippen LogP contribution is -2.45. The van der Waals surface area contributed by atoms with Gasteiger partial charge in [-0.15, -0.1) is 0 Å². The quantitative estimate of drug-likeness (QED) is 0.818. The monoisotopic (exact) mass is 321 g/mol. The molecule has 3 N–H and O–H groups in total. The van der Waals surface area contributed by atoms with Gasteiger partial charge in [-0.25, -0.2) is 0 Å². The van der Waals surface area contributed by atoms with Gasteiger partial charge in [-0.05, 0) is 25.5 Å². The summed E-state index contributed by atoms with van der Waals surface area (Å²) in [7, 11) is 3.04. The second kappa shape index (κ2) is 7.32. The summed E-state index contributed by atoms with van der Waals surface area (Å²) in [5.74, 6) is 0.603. The van der Waals surface area contributed by atoms with E-state index in [2.05, 4.69) is 5.32 Å². The first-order valence-corrected chi connectivity index (χ1v) is 7.57. The molecule has 0 bridgehead atoms. The molecule has 0 aromatic heterocycles. The summed E-state index contributed by atoms with van der Waals surface area (Å²) in [5, 5.41) is 2.75. The van der Waals surface area contributed by atoms with Gasteiger partial charge in [-0.3, -0.25) is 9.59 Å². The minimum absolute atomic E-state index is 0.177. The van der Waals surface area contributed by atoms with E-state index in [0.29, 0.717) is 36.6 Å². The summed E-state index contributed by atoms with van der Waals surface area (Å²) < 4.78 is 10.4. The highest BCUT2D eigenvalue weighted by Gasteiger charge is 2.38. The fourth-order valence-electron chi connectivity index (χ4n) is 2.73. The van der Waals surface area contributed by atoms with E-state index in [9.17, 15) is 9.59 Å². The van der Waals surface area contributed by atoms with Crippen LogP contribution in [-0.4, -0.2) is 56.1 Å². The Morgan fingerprint density at radius 3 is 2.39 bits per heavy atom. The van der Waals surface area contributed by atoms with Crippen molar-refractivity contribution < 1.29 is 19.1 Å². The van der Waals surface area contributed by atoms with E-state index in [1.54, 1.807) is 18.2 Å². The fourth-order valence-corrected chi connectivity index (χ4v) is 2.73. The molecule has 0 aliphatic carbocycles. The summed E-state index contributed by atoms with van der Waals surface area (Å²) in [6.45, 7) is 2.70. The first-order valence-electron chi connectivity index (χ1n) is 7.57. The molecule has 0 spiro atoms. The van der Waals surface area contributed by atoms with Crippen LogP contribution in [0.25, 0.3) is 0 Å². The van der Waals surface area contributed by atoms with Gasteiger partial charge in [0.2, 0.25) is 5.91 Å². The molecule has 0 saturated carbocycles. The van der Waals surface area contributed by atoms with Crippen LogP contribution in [0.1, 0.15) is 23.7 Å². The average Bonchev–Trinajstić information content (AvgIpc) is 2.95. The van der Waals surface area contributed by atoms with E-state index >= 15 is 0 Å². The van der Waals surface area contributed by atoms with Crippen molar-refractivity contribution in [1.82, 2.24) is 10.2 Å². The van der Waals surface area contributed by atoms with E-state index in [4.69, 9.17) is 15.2 Å². The number of likely N-dealkylation sites (N-methyl/N-ethyl adjacent to an activating group) is 1. The Kier molecular flexibility index (Phi) is 5.44. The molecular weight excluding hydrogens is 298 g/mol. The topological polar surface area (TPSA) is 93.9 Å². The van der Waals surface area contributed by atoms with E-state index in [1.807, 2.05) is 6.92 Å². The van der Waals surface area contributed by atoms with E-state index in [-0.39, 0.29) is 17.9 Å². The fraction of sp³-hybridized carbons (Fsp3) is 0.500. The van der Waals surface area contributed by atoms with Gasteiger partial charge >= 0.3 is 0 Å². The third-order valence-electron chi connectivity index (χ3n) is 3.85. The molecule has 0 radical (unpaired) electrons. The largest absolute Gasteiger partial charge is 0.497 e. The number of nitrogens with one attached hydrogen (secondary N) is 1. The van der Waals surface area contributed by atoms with Crippen molar-refractivity contribution in [2.75, 3.05) is 27.3 Å². The Morgan fingerprint density at radius 1 is 1.26 bits per heavy atom. The number of ether oxygens (including phenoxy) is 2. The third-order valence-corrected chi connectivity index (χ3v) is 3.85. The molecule has 2 rings (SSSR count). The van der Waals surface area contributed by atoms with Crippen molar-refractivity contribution >= 4 is 11.8 Å². The number of carbonyl (C=O) groups is 2. The highest BCUT2D eigenvalue weighted by molar-refractivity contribution is 5.98. The van der Waals surface area contributed by atoms with Crippen molar-refractivity contribution in [3.8, 4) is 11.5 Å². The van der Waals surface area contributed by atoms with E-state index in [1.165, 1.54) is 19.1 Å². The molecule has 1 aromatic carbocycles. The second-order valence-corrected chi connectivity index (χ2v) is 5.47. The minimum Gasteiger partial charge on any atom is -0.497 e. The summed E-state index contributed by atoms with van der Waals surface area (Å²) in [5.41, 5.74) is 6.36. The van der Waals surface area contributed by atoms with Gasteiger partial charge in [0.15, 0.2) is 0 Å². The Hall–Kier alpha value is -2.28. The summed E-state index contributed by atoms with van der Waals surface area (Å²) in [4.78, 5) is 26.5. The van der Waals surface area contributed by atoms with Gasteiger partial charge in [0.05, 0.1) is 14.2 Å². The molecule has 1 aliphatic heterocycles. The molecule has 1 saturated heterocycles. The number of benzene rings is 1. The van der Waals surface area contributed by atoms with Crippen LogP contribution in [0.3, 0.4) is 0 Å². The maximum atomic E-state index is 12.8. The number of rotatable bonds is 5. The molecule has 1 heterocycles. The Labute approximate surface area is 135 Å². The van der Waals surface area contributed by atoms with Crippen LogP contribution < -0.4 is 20.5 Å². The minimum atomic E-state index is -0.547. The average molecular weight is 321 g/mol. The van der Waals surface area contributed by atoms with Crippen molar-refractivity contribution in [3.05, 3.63) is 23.8 Å². The second-order valence-electron chi connectivity index (χ2n) is 5.47. The van der Waals surface area contributed by atoms with Gasteiger partial charge < -0.3 is 25.4 Å². The molecular formula is C16H23N3O4. The van der Waals surface area contributed by atoms with Gasteiger partial charge in [-0.1, -0.05) is 0 Å². The standard InChI is InChI=1S/C16H23N3O4/c1-4-18-15(20)14-7-11(17)9-19(14)16(21)10-5-12(22-2)8-13(6-10)23-3/h5-6,8,11,14H,4,7,9,17H2,1-3H3,(H,18,20). The van der Waals surface area contributed by atoms with Crippen molar-refractivity contribution in [2.24, 2.45) is 5.73 Å². The van der Waals surface area contributed by atoms with Crippen LogP contribution in [0.15, 0.2) is 18.2 Å². The van der Waals surface area contributed by atoms with Crippen LogP contribution in [-0.2, 0) is 4.79 Å². The van der Waals surface area contributed by atoms with Crippen LogP contribution >= 0.6 is 0 Å². The molecule has 7 nitrogen and oxygen atoms in total. The maximum Gasteiger partial charge on any atom is 0.254 e. The first kappa shape index (κ1) is 17.1. The number of amides is 2. The van der Waals surface area contributed by atoms with Gasteiger partial charge in [-0.2, -0.15) is 0 Å². The zero-order chi connectivity index (χ0) is 17.0. The van der Waals surface area contributed by atoms with Crippen LogP contribution in [0.5, 0.6) is 11.5 Å². The first-order chi connectivity index (χ1) is 11.0. The lowest BCUT2D eigenvalue weighted by atomic mass is 10.1. The Balaban J connectivity index is 2.29. The number of carbonyl (C=O) groups excluding carboxylic acids is 2. The van der Waals surface area contributed by atoms with Gasteiger partial charge in [0.25, 0.3) is 5.91 Å². The SMILES string of the molecule is CCNC(=O)C1CC(N)CN1C(=O)c1cc(OC)cc(OC)c1. The zero-order valence-electron chi connectivity index (χ0n) is 13.7. The van der Waals surface area contributed by atoms with Gasteiger partial charge in [0.1, 0.15) is 17.5 Å². The van der Waals surface area contributed by atoms with E-state index in [0.717, 1.165) is 0 Å². The molecule has 23 heavy (non-hydrogen) atoms. The highest BCUT2D eigenvalue weighted by Crippen LogP contribution is 2.26. The van der Waals surface area contributed by atoms with Crippen molar-refractivity contribution in [3.63, 3.8) is 0 Å². The van der Waals surface area contributed by atoms with E-state index < -0.39 is 6.04 Å². The molecule has 1 aliphatic rings. The molecule has 2 unspecified atom stereocenters. The predicted molar refractivity (Wildman–Crippen MR) is 85.6 cm³/mol. The van der Waals surface area contributed by atoms with Crippen molar-refractivity contribution in [1.29, 1.82) is 0 Å². The van der Waals surface area contributed by atoms with Gasteiger partial charge in [0, 0.05) is 30.8 Å². The zero-order valence-corrected chi connectivity index (χ0v) is 13.7. The highest BCUT2D eigenvalue weighted by atomic mass is 16.5. The molecule has 1 aromatic rings. The summed E-state index contributed by atoms with van der Waals surface area (Å²) in [6, 6.07) is 4.19. The molecule has 2 atom stereocenters. The number of hydrogen-bond acceptors (Lipinski definition) is 5. The molecule has 1 fully saturated rings. The summed E-state index contributed by atoms with van der Waals surface area (Å²) in [6.07, 6.45) is 0.457. The number of nitrogens with zero attached hydrogens (tertiary/aromatic N) is 1. The van der Waals surface area contributed by atoms with Crippen LogP contribution in [0.4, 0.5) is 0 Å². The predicted octanol–water partition coefficient (Wildman–Crippen LogP) is 0.382. The smallest absolute Gasteiger partial charge is 0.254 e. The lowest BCUT2D eigenvalue weighted by Gasteiger charge is -2.24. The summed E-state index contributed by atoms with van der Waals surface area (Å²) >= 11 is 0. The molecule has 126 valence electrons. The number of hydrogen-bond donors (Lipinski definition) is 2. The van der Waals surface area contributed by atoms with Crippen LogP contribution in [0, 0.1) is 0 Å². The maximum absolute atomic E-state index is 12.8. The Bertz CT molecular complexity index is 568. The van der Waals surface area contributed by atoms with Crippen molar-refractivity contribution in [2.45, 2.75) is 25.4 Å². The number of nitrogens with two attached hydrogens (primary N) is 1. The Morgan fingerprint density at radius 2 is 1.87 bits per heavy atom. The van der Waals surface area contributed by atoms with Crippen LogP contribution in [0.2, 0.25) is 0 Å². The number of methoxy groups -OCH3 is 2. The number of likely N-dealkylation sites (tertiary alicyclic amines) is 1. The lowest BCUT2D eigenvalue weighted by molar-refractivity contribution is -0.124. The molecule has 2 amide bonds. The normalized spacial score (nSPS) is 20.3.